The average molecular weight is 424 g/mol. The highest BCUT2D eigenvalue weighted by molar-refractivity contribution is 8.00. The van der Waals surface area contributed by atoms with Gasteiger partial charge in [-0.25, -0.2) is 4.39 Å². The van der Waals surface area contributed by atoms with Crippen molar-refractivity contribution in [2.75, 3.05) is 11.9 Å². The molecule has 0 saturated carbocycles. The minimum absolute atomic E-state index is 0.321. The van der Waals surface area contributed by atoms with Gasteiger partial charge in [-0.15, -0.1) is 10.2 Å². The van der Waals surface area contributed by atoms with Crippen LogP contribution < -0.4 is 10.1 Å². The molecule has 0 aliphatic heterocycles. The van der Waals surface area contributed by atoms with Crippen LogP contribution in [-0.2, 0) is 5.75 Å². The highest BCUT2D eigenvalue weighted by Gasteiger charge is 2.15. The van der Waals surface area contributed by atoms with E-state index in [0.29, 0.717) is 43.7 Å². The van der Waals surface area contributed by atoms with E-state index in [1.54, 1.807) is 36.4 Å². The molecule has 1 N–H and O–H groups in total. The number of rotatable bonds is 7. The van der Waals surface area contributed by atoms with Crippen LogP contribution in [0.4, 0.5) is 9.52 Å². The number of carbonyl (C=O) groups is 1. The third kappa shape index (κ3) is 4.97. The molecule has 0 atom stereocenters. The molecule has 1 aromatic heterocycles. The fraction of sp³-hybridized carbons (Fsp3) is 0.167. The molecule has 3 aromatic rings. The zero-order valence-corrected chi connectivity index (χ0v) is 16.6. The van der Waals surface area contributed by atoms with Gasteiger partial charge in [-0.05, 0) is 31.2 Å². The molecular formula is C18H15ClFN3O2S2. The minimum atomic E-state index is -0.361. The zero-order valence-electron chi connectivity index (χ0n) is 14.2. The number of ether oxygens (including phenoxy) is 1. The van der Waals surface area contributed by atoms with E-state index in [4.69, 9.17) is 16.3 Å². The largest absolute Gasteiger partial charge is 0.493 e. The summed E-state index contributed by atoms with van der Waals surface area (Å²) in [6, 6.07) is 11.5. The number of amides is 1. The first kappa shape index (κ1) is 19.6. The van der Waals surface area contributed by atoms with Crippen molar-refractivity contribution in [1.82, 2.24) is 10.2 Å². The number of hydrogen-bond acceptors (Lipinski definition) is 6. The fourth-order valence-corrected chi connectivity index (χ4v) is 4.31. The van der Waals surface area contributed by atoms with Crippen molar-refractivity contribution in [2.24, 2.45) is 0 Å². The van der Waals surface area contributed by atoms with E-state index in [9.17, 15) is 9.18 Å². The van der Waals surface area contributed by atoms with Gasteiger partial charge in [0.2, 0.25) is 5.13 Å². The summed E-state index contributed by atoms with van der Waals surface area (Å²) in [5.41, 5.74) is 0.831. The van der Waals surface area contributed by atoms with Crippen LogP contribution in [0.15, 0.2) is 46.8 Å². The minimum Gasteiger partial charge on any atom is -0.493 e. The van der Waals surface area contributed by atoms with E-state index in [1.165, 1.54) is 29.2 Å². The van der Waals surface area contributed by atoms with Gasteiger partial charge in [0.1, 0.15) is 11.6 Å². The summed E-state index contributed by atoms with van der Waals surface area (Å²) < 4.78 is 19.9. The number of aromatic nitrogens is 2. The maximum atomic E-state index is 13.8. The van der Waals surface area contributed by atoms with E-state index < -0.39 is 0 Å². The van der Waals surface area contributed by atoms with E-state index >= 15 is 0 Å². The third-order valence-corrected chi connectivity index (χ3v) is 5.81. The van der Waals surface area contributed by atoms with E-state index in [1.807, 2.05) is 6.92 Å². The topological polar surface area (TPSA) is 64.1 Å². The Kier molecular flexibility index (Phi) is 6.65. The highest BCUT2D eigenvalue weighted by atomic mass is 35.5. The molecule has 0 saturated heterocycles. The lowest BCUT2D eigenvalue weighted by molar-refractivity contribution is 0.102. The predicted octanol–water partition coefficient (Wildman–Crippen LogP) is 5.27. The van der Waals surface area contributed by atoms with Crippen LogP contribution in [0.2, 0.25) is 5.02 Å². The predicted molar refractivity (Wildman–Crippen MR) is 106 cm³/mol. The lowest BCUT2D eigenvalue weighted by Crippen LogP contribution is -2.13. The summed E-state index contributed by atoms with van der Waals surface area (Å²) in [6.07, 6.45) is 0. The second kappa shape index (κ2) is 9.16. The first-order valence-corrected chi connectivity index (χ1v) is 10.2. The normalized spacial score (nSPS) is 10.6. The Morgan fingerprint density at radius 2 is 2.07 bits per heavy atom. The van der Waals surface area contributed by atoms with Gasteiger partial charge in [0.15, 0.2) is 4.34 Å². The van der Waals surface area contributed by atoms with E-state index in [0.717, 1.165) is 0 Å². The number of hydrogen-bond donors (Lipinski definition) is 1. The zero-order chi connectivity index (χ0) is 19.2. The van der Waals surface area contributed by atoms with Gasteiger partial charge in [0, 0.05) is 16.3 Å². The molecule has 5 nitrogen and oxygen atoms in total. The summed E-state index contributed by atoms with van der Waals surface area (Å²) in [6.45, 7) is 2.31. The monoisotopic (exact) mass is 423 g/mol. The number of nitrogens with zero attached hydrogens (tertiary/aromatic N) is 2. The first-order valence-electron chi connectivity index (χ1n) is 8.01. The van der Waals surface area contributed by atoms with Gasteiger partial charge < -0.3 is 4.74 Å². The van der Waals surface area contributed by atoms with Crippen LogP contribution in [0.25, 0.3) is 0 Å². The molecule has 1 heterocycles. The molecule has 0 aliphatic rings. The average Bonchev–Trinajstić information content (AvgIpc) is 3.09. The van der Waals surface area contributed by atoms with Gasteiger partial charge in [0.25, 0.3) is 5.91 Å². The van der Waals surface area contributed by atoms with E-state index in [2.05, 4.69) is 15.5 Å². The van der Waals surface area contributed by atoms with Crippen molar-refractivity contribution in [3.8, 4) is 5.75 Å². The van der Waals surface area contributed by atoms with Crippen molar-refractivity contribution in [3.63, 3.8) is 0 Å². The molecule has 0 unspecified atom stereocenters. The van der Waals surface area contributed by atoms with Crippen molar-refractivity contribution in [1.29, 1.82) is 0 Å². The molecule has 0 spiro atoms. The standard InChI is InChI=1S/C18H15ClFN3O2S2/c1-2-25-15-9-4-3-6-11(15)16(24)21-17-22-23-18(27-17)26-10-12-13(19)7-5-8-14(12)20/h3-9H,2,10H2,1H3,(H,21,22,24). The van der Waals surface area contributed by atoms with Crippen LogP contribution in [0, 0.1) is 5.82 Å². The molecule has 3 rings (SSSR count). The van der Waals surface area contributed by atoms with Crippen molar-refractivity contribution in [2.45, 2.75) is 17.0 Å². The number of anilines is 1. The molecule has 0 bridgehead atoms. The number of benzene rings is 2. The fourth-order valence-electron chi connectivity index (χ4n) is 2.22. The van der Waals surface area contributed by atoms with Crippen molar-refractivity contribution < 1.29 is 13.9 Å². The van der Waals surface area contributed by atoms with Gasteiger partial charge in [-0.3, -0.25) is 10.1 Å². The molecule has 27 heavy (non-hydrogen) atoms. The molecule has 0 radical (unpaired) electrons. The second-order valence-electron chi connectivity index (χ2n) is 5.25. The lowest BCUT2D eigenvalue weighted by atomic mass is 10.2. The van der Waals surface area contributed by atoms with Crippen LogP contribution in [-0.4, -0.2) is 22.7 Å². The number of carbonyl (C=O) groups excluding carboxylic acids is 1. The van der Waals surface area contributed by atoms with Crippen LogP contribution in [0.3, 0.4) is 0 Å². The Morgan fingerprint density at radius 1 is 1.26 bits per heavy atom. The maximum absolute atomic E-state index is 13.8. The Morgan fingerprint density at radius 3 is 2.85 bits per heavy atom. The van der Waals surface area contributed by atoms with Gasteiger partial charge in [0.05, 0.1) is 12.2 Å². The third-order valence-electron chi connectivity index (χ3n) is 3.46. The number of thioether (sulfide) groups is 1. The molecule has 1 amide bonds. The summed E-state index contributed by atoms with van der Waals surface area (Å²) >= 11 is 8.53. The summed E-state index contributed by atoms with van der Waals surface area (Å²) in [4.78, 5) is 12.5. The first-order chi connectivity index (χ1) is 13.1. The Hall–Kier alpha value is -2.16. The Balaban J connectivity index is 1.65. The maximum Gasteiger partial charge on any atom is 0.261 e. The Labute approximate surface area is 168 Å². The number of nitrogens with one attached hydrogen (secondary N) is 1. The molecule has 9 heteroatoms. The number of halogens is 2. The van der Waals surface area contributed by atoms with Crippen LogP contribution in [0.5, 0.6) is 5.75 Å². The smallest absolute Gasteiger partial charge is 0.261 e. The molecule has 140 valence electrons. The van der Waals surface area contributed by atoms with Gasteiger partial charge in [-0.2, -0.15) is 0 Å². The molecular weight excluding hydrogens is 409 g/mol. The number of para-hydroxylation sites is 1. The highest BCUT2D eigenvalue weighted by Crippen LogP contribution is 2.32. The van der Waals surface area contributed by atoms with Gasteiger partial charge >= 0.3 is 0 Å². The van der Waals surface area contributed by atoms with Crippen LogP contribution in [0.1, 0.15) is 22.8 Å². The summed E-state index contributed by atoms with van der Waals surface area (Å²) in [7, 11) is 0. The molecule has 2 aromatic carbocycles. The summed E-state index contributed by atoms with van der Waals surface area (Å²) in [5.74, 6) is 0.136. The molecule has 0 aliphatic carbocycles. The van der Waals surface area contributed by atoms with Gasteiger partial charge in [-0.1, -0.05) is 52.9 Å². The summed E-state index contributed by atoms with van der Waals surface area (Å²) in [5, 5.41) is 11.4. The lowest BCUT2D eigenvalue weighted by Gasteiger charge is -2.08. The Bertz CT molecular complexity index is 932. The quantitative estimate of drug-likeness (QED) is 0.414. The second-order valence-corrected chi connectivity index (χ2v) is 7.85. The van der Waals surface area contributed by atoms with Crippen LogP contribution >= 0.6 is 34.7 Å². The van der Waals surface area contributed by atoms with Crippen molar-refractivity contribution >= 4 is 45.7 Å². The SMILES string of the molecule is CCOc1ccccc1C(=O)Nc1nnc(SCc2c(F)cccc2Cl)s1. The van der Waals surface area contributed by atoms with E-state index in [-0.39, 0.29) is 11.7 Å². The molecule has 0 fully saturated rings. The van der Waals surface area contributed by atoms with Crippen molar-refractivity contribution in [3.05, 3.63) is 64.4 Å².